The SMILES string of the molecule is Cc1cnc(-c2cc(C(=O)N[C@H](C)c3cnc(C(F)(F)F)nc3)cc3c2cnn3CC2CCN(C)C2)s1. The number of nitrogens with zero attached hydrogens (tertiary/aromatic N) is 6. The highest BCUT2D eigenvalue weighted by atomic mass is 32.1. The second-order valence-electron chi connectivity index (χ2n) is 9.51. The number of likely N-dealkylation sites (tertiary alicyclic amines) is 1. The van der Waals surface area contributed by atoms with Crippen LogP contribution in [0.1, 0.15) is 46.0 Å². The van der Waals surface area contributed by atoms with Crippen LogP contribution in [0.3, 0.4) is 0 Å². The Hall–Kier alpha value is -3.38. The van der Waals surface area contributed by atoms with Crippen molar-refractivity contribution in [1.82, 2.24) is 34.9 Å². The lowest BCUT2D eigenvalue weighted by molar-refractivity contribution is -0.145. The van der Waals surface area contributed by atoms with Gasteiger partial charge in [-0.1, -0.05) is 0 Å². The summed E-state index contributed by atoms with van der Waals surface area (Å²) in [5, 5.41) is 9.22. The van der Waals surface area contributed by atoms with E-state index in [0.717, 1.165) is 64.8 Å². The first-order chi connectivity index (χ1) is 17.6. The molecule has 1 N–H and O–H groups in total. The van der Waals surface area contributed by atoms with Gasteiger partial charge in [0, 0.05) is 58.6 Å². The summed E-state index contributed by atoms with van der Waals surface area (Å²) in [6, 6.07) is 3.01. The van der Waals surface area contributed by atoms with E-state index in [1.807, 2.05) is 23.9 Å². The molecule has 0 saturated carbocycles. The third kappa shape index (κ3) is 5.35. The van der Waals surface area contributed by atoms with E-state index in [9.17, 15) is 18.0 Å². The second kappa shape index (κ2) is 9.82. The molecule has 4 heterocycles. The first-order valence-corrected chi connectivity index (χ1v) is 12.7. The normalized spacial score (nSPS) is 17.4. The Morgan fingerprint density at radius 1 is 1.19 bits per heavy atom. The molecule has 0 aliphatic carbocycles. The van der Waals surface area contributed by atoms with Crippen LogP contribution in [-0.4, -0.2) is 55.7 Å². The third-order valence-corrected chi connectivity index (χ3v) is 7.52. The molecule has 0 spiro atoms. The number of rotatable bonds is 6. The number of aryl methyl sites for hydroxylation is 1. The fraction of sp³-hybridized carbons (Fsp3) is 0.400. The van der Waals surface area contributed by atoms with Crippen molar-refractivity contribution in [3.8, 4) is 10.6 Å². The highest BCUT2D eigenvalue weighted by Gasteiger charge is 2.34. The third-order valence-electron chi connectivity index (χ3n) is 6.57. The largest absolute Gasteiger partial charge is 0.451 e. The summed E-state index contributed by atoms with van der Waals surface area (Å²) >= 11 is 1.54. The fourth-order valence-corrected chi connectivity index (χ4v) is 5.40. The monoisotopic (exact) mass is 529 g/mol. The Bertz CT molecular complexity index is 1430. The molecular weight excluding hydrogens is 503 g/mol. The van der Waals surface area contributed by atoms with Gasteiger partial charge in [-0.3, -0.25) is 9.48 Å². The second-order valence-corrected chi connectivity index (χ2v) is 10.7. The molecule has 4 aromatic rings. The van der Waals surface area contributed by atoms with Gasteiger partial charge in [-0.15, -0.1) is 11.3 Å². The number of halogens is 3. The summed E-state index contributed by atoms with van der Waals surface area (Å²) in [6.45, 7) is 6.44. The highest BCUT2D eigenvalue weighted by Crippen LogP contribution is 2.34. The lowest BCUT2D eigenvalue weighted by Crippen LogP contribution is -2.27. The van der Waals surface area contributed by atoms with Crippen molar-refractivity contribution >= 4 is 28.1 Å². The molecule has 1 aromatic carbocycles. The van der Waals surface area contributed by atoms with Crippen molar-refractivity contribution in [3.63, 3.8) is 0 Å². The fourth-order valence-electron chi connectivity index (χ4n) is 4.60. The Balaban J connectivity index is 1.46. The molecule has 1 aliphatic rings. The van der Waals surface area contributed by atoms with Crippen molar-refractivity contribution in [3.05, 3.63) is 58.7 Å². The van der Waals surface area contributed by atoms with E-state index < -0.39 is 18.0 Å². The molecule has 194 valence electrons. The van der Waals surface area contributed by atoms with E-state index in [1.165, 1.54) is 11.3 Å². The van der Waals surface area contributed by atoms with Crippen LogP contribution in [0, 0.1) is 12.8 Å². The maximum Gasteiger partial charge on any atom is 0.451 e. The van der Waals surface area contributed by atoms with Gasteiger partial charge in [0.1, 0.15) is 5.01 Å². The number of aromatic nitrogens is 5. The van der Waals surface area contributed by atoms with Crippen LogP contribution < -0.4 is 5.32 Å². The van der Waals surface area contributed by atoms with Crippen molar-refractivity contribution in [2.24, 2.45) is 5.92 Å². The molecule has 8 nitrogen and oxygen atoms in total. The van der Waals surface area contributed by atoms with E-state index in [2.05, 4.69) is 37.3 Å². The molecule has 0 bridgehead atoms. The maximum atomic E-state index is 13.3. The summed E-state index contributed by atoms with van der Waals surface area (Å²) in [7, 11) is 2.11. The predicted molar refractivity (Wildman–Crippen MR) is 134 cm³/mol. The number of carbonyl (C=O) groups excluding carboxylic acids is 1. The summed E-state index contributed by atoms with van der Waals surface area (Å²) in [4.78, 5) is 28.0. The first kappa shape index (κ1) is 25.3. The van der Waals surface area contributed by atoms with E-state index in [-0.39, 0.29) is 5.91 Å². The zero-order chi connectivity index (χ0) is 26.3. The van der Waals surface area contributed by atoms with Crippen molar-refractivity contribution < 1.29 is 18.0 Å². The van der Waals surface area contributed by atoms with Crippen LogP contribution in [0.15, 0.2) is 36.9 Å². The number of benzene rings is 1. The quantitative estimate of drug-likeness (QED) is 0.389. The van der Waals surface area contributed by atoms with Crippen LogP contribution in [-0.2, 0) is 12.7 Å². The van der Waals surface area contributed by atoms with E-state index >= 15 is 0 Å². The van der Waals surface area contributed by atoms with Gasteiger partial charge >= 0.3 is 6.18 Å². The summed E-state index contributed by atoms with van der Waals surface area (Å²) in [6.07, 6.45) is 2.25. The predicted octanol–water partition coefficient (Wildman–Crippen LogP) is 4.72. The molecular formula is C25H26F3N7OS. The summed E-state index contributed by atoms with van der Waals surface area (Å²) in [5.41, 5.74) is 2.45. The molecule has 37 heavy (non-hydrogen) atoms. The molecule has 1 amide bonds. The molecule has 1 saturated heterocycles. The molecule has 0 radical (unpaired) electrons. The molecule has 1 unspecified atom stereocenters. The Morgan fingerprint density at radius 3 is 2.57 bits per heavy atom. The number of carbonyl (C=O) groups is 1. The van der Waals surface area contributed by atoms with E-state index in [1.54, 1.807) is 19.2 Å². The molecule has 1 fully saturated rings. The molecule has 12 heteroatoms. The van der Waals surface area contributed by atoms with Crippen molar-refractivity contribution in [1.29, 1.82) is 0 Å². The average Bonchev–Trinajstić information content (AvgIpc) is 3.58. The molecule has 3 aromatic heterocycles. The van der Waals surface area contributed by atoms with E-state index in [4.69, 9.17) is 0 Å². The highest BCUT2D eigenvalue weighted by molar-refractivity contribution is 7.15. The number of hydrogen-bond acceptors (Lipinski definition) is 7. The van der Waals surface area contributed by atoms with Gasteiger partial charge in [0.2, 0.25) is 5.82 Å². The smallest absolute Gasteiger partial charge is 0.345 e. The van der Waals surface area contributed by atoms with Crippen molar-refractivity contribution in [2.45, 2.75) is 39.0 Å². The number of fused-ring (bicyclic) bond motifs is 1. The van der Waals surface area contributed by atoms with Gasteiger partial charge in [-0.2, -0.15) is 18.3 Å². The van der Waals surface area contributed by atoms with Crippen LogP contribution in [0.5, 0.6) is 0 Å². The standard InChI is InChI=1S/C25H26F3N7OS/c1-14-8-29-23(37-14)19-6-17(7-21-20(19)11-32-35(21)13-16-4-5-34(3)12-16)22(36)33-15(2)18-9-30-24(31-10-18)25(26,27)28/h6-11,15-16H,4-5,12-13H2,1-3H3,(H,33,36)/t15-,16?/m1/s1. The molecule has 5 rings (SSSR count). The maximum absolute atomic E-state index is 13.3. The summed E-state index contributed by atoms with van der Waals surface area (Å²) < 4.78 is 40.4. The van der Waals surface area contributed by atoms with Crippen LogP contribution >= 0.6 is 11.3 Å². The minimum atomic E-state index is -4.62. The zero-order valence-electron chi connectivity index (χ0n) is 20.6. The van der Waals surface area contributed by atoms with Gasteiger partial charge in [0.15, 0.2) is 0 Å². The summed E-state index contributed by atoms with van der Waals surface area (Å²) in [5.74, 6) is -1.11. The van der Waals surface area contributed by atoms with Gasteiger partial charge < -0.3 is 10.2 Å². The van der Waals surface area contributed by atoms with Gasteiger partial charge in [0.25, 0.3) is 5.91 Å². The molecule has 2 atom stereocenters. The molecule has 1 aliphatic heterocycles. The van der Waals surface area contributed by atoms with Gasteiger partial charge in [-0.05, 0) is 51.9 Å². The Labute approximate surface area is 215 Å². The average molecular weight is 530 g/mol. The van der Waals surface area contributed by atoms with Gasteiger partial charge in [0.05, 0.1) is 17.8 Å². The lowest BCUT2D eigenvalue weighted by atomic mass is 10.0. The van der Waals surface area contributed by atoms with Crippen molar-refractivity contribution in [2.75, 3.05) is 20.1 Å². The minimum Gasteiger partial charge on any atom is -0.345 e. The van der Waals surface area contributed by atoms with Crippen LogP contribution in [0.2, 0.25) is 0 Å². The van der Waals surface area contributed by atoms with Gasteiger partial charge in [-0.25, -0.2) is 15.0 Å². The number of thiazole rings is 1. The zero-order valence-corrected chi connectivity index (χ0v) is 21.4. The number of alkyl halides is 3. The Morgan fingerprint density at radius 2 is 1.95 bits per heavy atom. The van der Waals surface area contributed by atoms with E-state index in [0.29, 0.717) is 17.0 Å². The minimum absolute atomic E-state index is 0.364. The Kier molecular flexibility index (Phi) is 6.71. The van der Waals surface area contributed by atoms with Crippen LogP contribution in [0.4, 0.5) is 13.2 Å². The number of hydrogen-bond donors (Lipinski definition) is 1. The number of nitrogens with one attached hydrogen (secondary N) is 1. The lowest BCUT2D eigenvalue weighted by Gasteiger charge is -2.16. The topological polar surface area (TPSA) is 88.8 Å². The number of amides is 1. The first-order valence-electron chi connectivity index (χ1n) is 11.9. The van der Waals surface area contributed by atoms with Crippen LogP contribution in [0.25, 0.3) is 21.5 Å².